The average Bonchev–Trinajstić information content (AvgIpc) is 2.98. The number of hydrogen-bond donors (Lipinski definition) is 1. The number of aromatic nitrogens is 4. The molecule has 1 aromatic heterocycles. The topological polar surface area (TPSA) is 55.6 Å². The Labute approximate surface area is 117 Å². The Morgan fingerprint density at radius 2 is 2.00 bits per heavy atom. The summed E-state index contributed by atoms with van der Waals surface area (Å²) < 4.78 is 1.65. The van der Waals surface area contributed by atoms with E-state index in [2.05, 4.69) is 53.1 Å². The molecule has 0 saturated carbocycles. The molecule has 0 bridgehead atoms. The van der Waals surface area contributed by atoms with Gasteiger partial charge in [0.15, 0.2) is 0 Å². The summed E-state index contributed by atoms with van der Waals surface area (Å²) in [5.74, 6) is 0. The van der Waals surface area contributed by atoms with E-state index in [0.29, 0.717) is 11.3 Å². The van der Waals surface area contributed by atoms with Gasteiger partial charge >= 0.3 is 0 Å². The Balaban J connectivity index is 1.98. The second-order valence-electron chi connectivity index (χ2n) is 4.52. The van der Waals surface area contributed by atoms with Crippen LogP contribution >= 0.6 is 11.8 Å². The van der Waals surface area contributed by atoms with Gasteiger partial charge in [-0.05, 0) is 41.3 Å². The molecule has 2 rings (SSSR count). The number of tetrazole rings is 1. The van der Waals surface area contributed by atoms with Crippen molar-refractivity contribution in [3.63, 3.8) is 0 Å². The Bertz CT molecular complexity index is 482. The monoisotopic (exact) mass is 277 g/mol. The maximum atomic E-state index is 3.87. The van der Waals surface area contributed by atoms with Crippen LogP contribution in [0, 0.1) is 0 Å². The molecule has 0 fully saturated rings. The van der Waals surface area contributed by atoms with E-state index in [1.165, 1.54) is 5.56 Å². The maximum Gasteiger partial charge on any atom is 0.143 e. The van der Waals surface area contributed by atoms with Gasteiger partial charge in [0.1, 0.15) is 6.33 Å². The van der Waals surface area contributed by atoms with Crippen molar-refractivity contribution >= 4 is 11.8 Å². The van der Waals surface area contributed by atoms with Crippen molar-refractivity contribution in [1.82, 2.24) is 25.5 Å². The molecule has 0 aliphatic rings. The zero-order valence-electron chi connectivity index (χ0n) is 11.4. The highest BCUT2D eigenvalue weighted by Gasteiger charge is 2.07. The van der Waals surface area contributed by atoms with Gasteiger partial charge in [-0.3, -0.25) is 0 Å². The molecule has 5 nitrogen and oxygen atoms in total. The van der Waals surface area contributed by atoms with E-state index in [-0.39, 0.29) is 0 Å². The van der Waals surface area contributed by atoms with Gasteiger partial charge in [-0.1, -0.05) is 19.1 Å². The number of rotatable bonds is 6. The van der Waals surface area contributed by atoms with Crippen molar-refractivity contribution in [1.29, 1.82) is 0 Å². The van der Waals surface area contributed by atoms with Crippen LogP contribution in [0.5, 0.6) is 0 Å². The molecule has 0 unspecified atom stereocenters. The van der Waals surface area contributed by atoms with Crippen LogP contribution in [0.4, 0.5) is 0 Å². The predicted octanol–water partition coefficient (Wildman–Crippen LogP) is 2.06. The summed E-state index contributed by atoms with van der Waals surface area (Å²) in [4.78, 5) is 0. The molecule has 1 N–H and O–H groups in total. The van der Waals surface area contributed by atoms with Gasteiger partial charge in [0, 0.05) is 17.8 Å². The normalized spacial score (nSPS) is 14.3. The van der Waals surface area contributed by atoms with Crippen molar-refractivity contribution < 1.29 is 0 Å². The van der Waals surface area contributed by atoms with Gasteiger partial charge in [-0.2, -0.15) is 11.8 Å². The summed E-state index contributed by atoms with van der Waals surface area (Å²) in [7, 11) is 0. The second-order valence-corrected chi connectivity index (χ2v) is 5.80. The molecule has 2 aromatic rings. The molecule has 0 amide bonds. The first kappa shape index (κ1) is 14.0. The minimum atomic E-state index is 0.345. The molecule has 19 heavy (non-hydrogen) atoms. The van der Waals surface area contributed by atoms with E-state index in [0.717, 1.165) is 12.2 Å². The Hall–Kier alpha value is -1.40. The van der Waals surface area contributed by atoms with Gasteiger partial charge < -0.3 is 5.32 Å². The average molecular weight is 277 g/mol. The number of thioether (sulfide) groups is 1. The van der Waals surface area contributed by atoms with Crippen LogP contribution in [0.15, 0.2) is 30.6 Å². The molecule has 1 heterocycles. The lowest BCUT2D eigenvalue weighted by Crippen LogP contribution is -2.25. The Morgan fingerprint density at radius 3 is 2.58 bits per heavy atom. The van der Waals surface area contributed by atoms with Crippen LogP contribution < -0.4 is 5.32 Å². The SMILES string of the molecule is CS[C@@H](C)CN[C@@H](C)c1ccc(-n2cnnn2)cc1. The molecule has 0 radical (unpaired) electrons. The first-order chi connectivity index (χ1) is 9.20. The largest absolute Gasteiger partial charge is 0.309 e. The lowest BCUT2D eigenvalue weighted by Gasteiger charge is -2.17. The molecule has 6 heteroatoms. The molecular weight excluding hydrogens is 258 g/mol. The molecule has 2 atom stereocenters. The third kappa shape index (κ3) is 3.78. The molecule has 0 saturated heterocycles. The van der Waals surface area contributed by atoms with E-state index in [1.54, 1.807) is 11.0 Å². The predicted molar refractivity (Wildman–Crippen MR) is 78.5 cm³/mol. The molecular formula is C13H19N5S. The fourth-order valence-corrected chi connectivity index (χ4v) is 2.00. The van der Waals surface area contributed by atoms with Gasteiger partial charge in [0.2, 0.25) is 0 Å². The summed E-state index contributed by atoms with van der Waals surface area (Å²) in [6, 6.07) is 8.62. The zero-order chi connectivity index (χ0) is 13.7. The van der Waals surface area contributed by atoms with Crippen LogP contribution in [-0.2, 0) is 0 Å². The summed E-state index contributed by atoms with van der Waals surface area (Å²) >= 11 is 1.87. The van der Waals surface area contributed by atoms with Gasteiger partial charge in [0.25, 0.3) is 0 Å². The molecule has 1 aromatic carbocycles. The van der Waals surface area contributed by atoms with E-state index < -0.39 is 0 Å². The summed E-state index contributed by atoms with van der Waals surface area (Å²) in [5, 5.41) is 15.3. The number of nitrogens with zero attached hydrogens (tertiary/aromatic N) is 4. The highest BCUT2D eigenvalue weighted by molar-refractivity contribution is 7.99. The molecule has 0 spiro atoms. The van der Waals surface area contributed by atoms with Crippen LogP contribution in [0.2, 0.25) is 0 Å². The summed E-state index contributed by atoms with van der Waals surface area (Å²) in [6.07, 6.45) is 3.73. The van der Waals surface area contributed by atoms with Gasteiger partial charge in [-0.15, -0.1) is 5.10 Å². The van der Waals surface area contributed by atoms with Crippen molar-refractivity contribution in [2.45, 2.75) is 25.1 Å². The van der Waals surface area contributed by atoms with E-state index >= 15 is 0 Å². The minimum absolute atomic E-state index is 0.345. The first-order valence-electron chi connectivity index (χ1n) is 6.30. The third-order valence-electron chi connectivity index (χ3n) is 3.12. The quantitative estimate of drug-likeness (QED) is 0.876. The third-order valence-corrected chi connectivity index (χ3v) is 4.09. The van der Waals surface area contributed by atoms with Crippen molar-refractivity contribution in [2.24, 2.45) is 0 Å². The van der Waals surface area contributed by atoms with Gasteiger partial charge in [0.05, 0.1) is 5.69 Å². The molecule has 0 aliphatic carbocycles. The zero-order valence-corrected chi connectivity index (χ0v) is 12.3. The Kier molecular flexibility index (Phi) is 4.93. The summed E-state index contributed by atoms with van der Waals surface area (Å²) in [5.41, 5.74) is 2.24. The van der Waals surface area contributed by atoms with Crippen molar-refractivity contribution in [3.8, 4) is 5.69 Å². The van der Waals surface area contributed by atoms with Gasteiger partial charge in [-0.25, -0.2) is 4.68 Å². The second kappa shape index (κ2) is 6.68. The van der Waals surface area contributed by atoms with Crippen molar-refractivity contribution in [2.75, 3.05) is 12.8 Å². The van der Waals surface area contributed by atoms with E-state index in [1.807, 2.05) is 23.9 Å². The lowest BCUT2D eigenvalue weighted by atomic mass is 10.1. The number of nitrogens with one attached hydrogen (secondary N) is 1. The number of benzene rings is 1. The highest BCUT2D eigenvalue weighted by Crippen LogP contribution is 2.15. The van der Waals surface area contributed by atoms with Crippen molar-refractivity contribution in [3.05, 3.63) is 36.2 Å². The fraction of sp³-hybridized carbons (Fsp3) is 0.462. The van der Waals surface area contributed by atoms with E-state index in [4.69, 9.17) is 0 Å². The lowest BCUT2D eigenvalue weighted by molar-refractivity contribution is 0.576. The smallest absolute Gasteiger partial charge is 0.143 e. The van der Waals surface area contributed by atoms with Crippen LogP contribution in [0.3, 0.4) is 0 Å². The van der Waals surface area contributed by atoms with Crippen LogP contribution in [0.25, 0.3) is 5.69 Å². The standard InChI is InChI=1S/C13H19N5S/c1-10(19-3)8-14-11(2)12-4-6-13(7-5-12)18-9-15-16-17-18/h4-7,9-11,14H,8H2,1-3H3/t10-,11-/m0/s1. The first-order valence-corrected chi connectivity index (χ1v) is 7.59. The molecule has 102 valence electrons. The van der Waals surface area contributed by atoms with Crippen LogP contribution in [-0.4, -0.2) is 38.3 Å². The minimum Gasteiger partial charge on any atom is -0.309 e. The van der Waals surface area contributed by atoms with Crippen LogP contribution in [0.1, 0.15) is 25.5 Å². The van der Waals surface area contributed by atoms with E-state index in [9.17, 15) is 0 Å². The summed E-state index contributed by atoms with van der Waals surface area (Å²) in [6.45, 7) is 5.42. The number of hydrogen-bond acceptors (Lipinski definition) is 5. The maximum absolute atomic E-state index is 3.87. The highest BCUT2D eigenvalue weighted by atomic mass is 32.2. The fourth-order valence-electron chi connectivity index (χ4n) is 1.74. The Morgan fingerprint density at radius 1 is 1.26 bits per heavy atom. The molecule has 0 aliphatic heterocycles.